The summed E-state index contributed by atoms with van der Waals surface area (Å²) in [6.45, 7) is 6.65. The van der Waals surface area contributed by atoms with Crippen LogP contribution in [0.25, 0.3) is 0 Å². The Labute approximate surface area is 127 Å². The molecule has 21 heavy (non-hydrogen) atoms. The molecule has 0 amide bonds. The zero-order valence-corrected chi connectivity index (χ0v) is 13.2. The first-order chi connectivity index (χ1) is 10.1. The molecule has 0 aromatic heterocycles. The number of nitrogens with one attached hydrogen (secondary N) is 1. The van der Waals surface area contributed by atoms with Gasteiger partial charge in [-0.05, 0) is 59.7 Å². The Balaban J connectivity index is 1.87. The van der Waals surface area contributed by atoms with Crippen molar-refractivity contribution in [2.24, 2.45) is 0 Å². The lowest BCUT2D eigenvalue weighted by Gasteiger charge is -2.15. The van der Waals surface area contributed by atoms with Gasteiger partial charge in [0.05, 0.1) is 13.2 Å². The van der Waals surface area contributed by atoms with Crippen molar-refractivity contribution in [2.45, 2.75) is 39.2 Å². The molecular formula is C19H23NO. The Hall–Kier alpha value is -1.96. The molecule has 0 fully saturated rings. The predicted molar refractivity (Wildman–Crippen MR) is 88.3 cm³/mol. The van der Waals surface area contributed by atoms with Gasteiger partial charge in [-0.1, -0.05) is 32.0 Å². The molecule has 0 aliphatic carbocycles. The Bertz CT molecular complexity index is 661. The lowest BCUT2D eigenvalue weighted by Crippen LogP contribution is -2.07. The number of ether oxygens (including phenoxy) is 1. The van der Waals surface area contributed by atoms with Gasteiger partial charge in [0.1, 0.15) is 5.75 Å². The molecule has 1 atom stereocenters. The van der Waals surface area contributed by atoms with Crippen LogP contribution in [0.1, 0.15) is 48.1 Å². The second-order valence-electron chi connectivity index (χ2n) is 6.19. The molecule has 0 saturated heterocycles. The third-order valence-corrected chi connectivity index (χ3v) is 4.40. The molecule has 2 aromatic carbocycles. The average Bonchev–Trinajstić information content (AvgIpc) is 2.89. The van der Waals surface area contributed by atoms with E-state index in [1.807, 2.05) is 6.07 Å². The van der Waals surface area contributed by atoms with E-state index in [0.29, 0.717) is 12.0 Å². The molecule has 1 heterocycles. The molecule has 3 rings (SSSR count). The van der Waals surface area contributed by atoms with Crippen LogP contribution in [-0.2, 0) is 6.42 Å². The molecule has 0 saturated carbocycles. The summed E-state index contributed by atoms with van der Waals surface area (Å²) >= 11 is 0. The van der Waals surface area contributed by atoms with Gasteiger partial charge in [0.15, 0.2) is 0 Å². The number of anilines is 1. The van der Waals surface area contributed by atoms with E-state index in [-0.39, 0.29) is 0 Å². The van der Waals surface area contributed by atoms with Gasteiger partial charge in [-0.3, -0.25) is 0 Å². The highest BCUT2D eigenvalue weighted by molar-refractivity contribution is 5.60. The van der Waals surface area contributed by atoms with Crippen LogP contribution in [0.4, 0.5) is 5.69 Å². The van der Waals surface area contributed by atoms with Gasteiger partial charge >= 0.3 is 0 Å². The smallest absolute Gasteiger partial charge is 0.119 e. The average molecular weight is 281 g/mol. The third-order valence-electron chi connectivity index (χ3n) is 4.40. The van der Waals surface area contributed by atoms with E-state index >= 15 is 0 Å². The lowest BCUT2D eigenvalue weighted by atomic mass is 9.96. The highest BCUT2D eigenvalue weighted by Gasteiger charge is 2.23. The number of hydrogen-bond donors (Lipinski definition) is 1. The van der Waals surface area contributed by atoms with Crippen LogP contribution in [-0.4, -0.2) is 7.11 Å². The molecule has 2 aromatic rings. The molecule has 1 unspecified atom stereocenters. The van der Waals surface area contributed by atoms with E-state index in [1.165, 1.54) is 27.9 Å². The van der Waals surface area contributed by atoms with Crippen molar-refractivity contribution < 1.29 is 4.74 Å². The van der Waals surface area contributed by atoms with Gasteiger partial charge < -0.3 is 10.1 Å². The van der Waals surface area contributed by atoms with Crippen LogP contribution in [0.5, 0.6) is 5.75 Å². The summed E-state index contributed by atoms with van der Waals surface area (Å²) in [6.07, 6.45) is 1.06. The first kappa shape index (κ1) is 14.0. The molecule has 0 spiro atoms. The summed E-state index contributed by atoms with van der Waals surface area (Å²) in [4.78, 5) is 0. The Morgan fingerprint density at radius 1 is 1.14 bits per heavy atom. The van der Waals surface area contributed by atoms with Crippen molar-refractivity contribution in [3.8, 4) is 5.75 Å². The molecule has 1 aliphatic rings. The maximum atomic E-state index is 5.30. The Morgan fingerprint density at radius 2 is 1.95 bits per heavy atom. The molecule has 0 bridgehead atoms. The first-order valence-corrected chi connectivity index (χ1v) is 7.62. The second kappa shape index (κ2) is 5.44. The molecule has 2 nitrogen and oxygen atoms in total. The first-order valence-electron chi connectivity index (χ1n) is 7.62. The van der Waals surface area contributed by atoms with Crippen LogP contribution in [0, 0.1) is 6.92 Å². The monoisotopic (exact) mass is 281 g/mol. The zero-order chi connectivity index (χ0) is 15.0. The molecule has 1 N–H and O–H groups in total. The number of methoxy groups -OCH3 is 1. The fraction of sp³-hybridized carbons (Fsp3) is 0.368. The summed E-state index contributed by atoms with van der Waals surface area (Å²) < 4.78 is 5.30. The van der Waals surface area contributed by atoms with Crippen LogP contribution in [0.2, 0.25) is 0 Å². The standard InChI is InChI=1S/C19H23NO/c1-12(2)14-5-8-18-15(10-14)11-19(20-18)17-7-6-16(21-4)9-13(17)3/h5-10,12,19-20H,11H2,1-4H3. The van der Waals surface area contributed by atoms with Gasteiger partial charge in [0.25, 0.3) is 0 Å². The maximum Gasteiger partial charge on any atom is 0.119 e. The highest BCUT2D eigenvalue weighted by atomic mass is 16.5. The molecule has 1 aliphatic heterocycles. The summed E-state index contributed by atoms with van der Waals surface area (Å²) in [5.74, 6) is 1.51. The van der Waals surface area contributed by atoms with Crippen molar-refractivity contribution in [1.82, 2.24) is 0 Å². The number of benzene rings is 2. The van der Waals surface area contributed by atoms with Gasteiger partial charge in [-0.15, -0.1) is 0 Å². The fourth-order valence-electron chi connectivity index (χ4n) is 3.09. The highest BCUT2D eigenvalue weighted by Crippen LogP contribution is 2.37. The SMILES string of the molecule is COc1ccc(C2Cc3cc(C(C)C)ccc3N2)c(C)c1. The van der Waals surface area contributed by atoms with E-state index in [4.69, 9.17) is 4.74 Å². The van der Waals surface area contributed by atoms with Gasteiger partial charge in [0, 0.05) is 5.69 Å². The van der Waals surface area contributed by atoms with Gasteiger partial charge in [0.2, 0.25) is 0 Å². The van der Waals surface area contributed by atoms with E-state index in [9.17, 15) is 0 Å². The zero-order valence-electron chi connectivity index (χ0n) is 13.2. The van der Waals surface area contributed by atoms with Crippen molar-refractivity contribution >= 4 is 5.69 Å². The van der Waals surface area contributed by atoms with Crippen LogP contribution >= 0.6 is 0 Å². The van der Waals surface area contributed by atoms with Crippen molar-refractivity contribution in [3.63, 3.8) is 0 Å². The van der Waals surface area contributed by atoms with Crippen LogP contribution < -0.4 is 10.1 Å². The molecule has 0 radical (unpaired) electrons. The van der Waals surface area contributed by atoms with E-state index < -0.39 is 0 Å². The summed E-state index contributed by atoms with van der Waals surface area (Å²) in [5.41, 5.74) is 6.77. The largest absolute Gasteiger partial charge is 0.497 e. The third kappa shape index (κ3) is 2.63. The lowest BCUT2D eigenvalue weighted by molar-refractivity contribution is 0.414. The van der Waals surface area contributed by atoms with Crippen LogP contribution in [0.3, 0.4) is 0 Å². The van der Waals surface area contributed by atoms with E-state index in [2.05, 4.69) is 56.4 Å². The second-order valence-corrected chi connectivity index (χ2v) is 6.19. The Morgan fingerprint density at radius 3 is 2.62 bits per heavy atom. The molecule has 110 valence electrons. The van der Waals surface area contributed by atoms with Crippen LogP contribution in [0.15, 0.2) is 36.4 Å². The molecule has 2 heteroatoms. The van der Waals surface area contributed by atoms with Crippen molar-refractivity contribution in [2.75, 3.05) is 12.4 Å². The normalized spacial score (nSPS) is 16.7. The molecular weight excluding hydrogens is 258 g/mol. The van der Waals surface area contributed by atoms with Crippen molar-refractivity contribution in [3.05, 3.63) is 58.7 Å². The van der Waals surface area contributed by atoms with E-state index in [0.717, 1.165) is 12.2 Å². The number of rotatable bonds is 3. The topological polar surface area (TPSA) is 21.3 Å². The number of fused-ring (bicyclic) bond motifs is 1. The quantitative estimate of drug-likeness (QED) is 0.869. The summed E-state index contributed by atoms with van der Waals surface area (Å²) in [6, 6.07) is 13.5. The fourth-order valence-corrected chi connectivity index (χ4v) is 3.09. The minimum Gasteiger partial charge on any atom is -0.497 e. The minimum absolute atomic E-state index is 0.369. The van der Waals surface area contributed by atoms with Crippen molar-refractivity contribution in [1.29, 1.82) is 0 Å². The maximum absolute atomic E-state index is 5.30. The number of hydrogen-bond acceptors (Lipinski definition) is 2. The number of aryl methyl sites for hydroxylation is 1. The van der Waals surface area contributed by atoms with Gasteiger partial charge in [-0.25, -0.2) is 0 Å². The summed E-state index contributed by atoms with van der Waals surface area (Å²) in [5, 5.41) is 3.65. The summed E-state index contributed by atoms with van der Waals surface area (Å²) in [7, 11) is 1.71. The van der Waals surface area contributed by atoms with Gasteiger partial charge in [-0.2, -0.15) is 0 Å². The minimum atomic E-state index is 0.369. The predicted octanol–water partition coefficient (Wildman–Crippen LogP) is 4.84. The Kier molecular flexibility index (Phi) is 3.62. The van der Waals surface area contributed by atoms with E-state index in [1.54, 1.807) is 7.11 Å².